The van der Waals surface area contributed by atoms with Crippen molar-refractivity contribution in [3.63, 3.8) is 0 Å². The minimum Gasteiger partial charge on any atom is -0.476 e. The van der Waals surface area contributed by atoms with E-state index in [2.05, 4.69) is 10.4 Å². The summed E-state index contributed by atoms with van der Waals surface area (Å²) in [7, 11) is 3.95. The molecule has 1 amide bonds. The summed E-state index contributed by atoms with van der Waals surface area (Å²) in [4.78, 5) is 13.7. The smallest absolute Gasteiger partial charge is 0.238 e. The number of benzene rings is 1. The second kappa shape index (κ2) is 9.08. The molecule has 2 rings (SSSR count). The standard InChI is InChI=1S/C18H27N5O2/c1-14-17(19)23(15-8-5-4-6-9-15)21-18(14)25-13-7-10-16(24)20-11-12-22(2)3/h4-6,8-9H,7,10-13,19H2,1-3H3,(H,20,24). The van der Waals surface area contributed by atoms with Gasteiger partial charge in [0.1, 0.15) is 5.82 Å². The molecular formula is C18H27N5O2. The van der Waals surface area contributed by atoms with Crippen molar-refractivity contribution < 1.29 is 9.53 Å². The van der Waals surface area contributed by atoms with Crippen LogP contribution in [0.2, 0.25) is 0 Å². The average molecular weight is 345 g/mol. The molecule has 0 saturated heterocycles. The van der Waals surface area contributed by atoms with Crippen molar-refractivity contribution in [2.45, 2.75) is 19.8 Å². The monoisotopic (exact) mass is 345 g/mol. The Labute approximate surface area is 148 Å². The molecule has 3 N–H and O–H groups in total. The van der Waals surface area contributed by atoms with Crippen LogP contribution in [-0.2, 0) is 4.79 Å². The van der Waals surface area contributed by atoms with Crippen molar-refractivity contribution in [1.29, 1.82) is 0 Å². The normalized spacial score (nSPS) is 10.9. The Morgan fingerprint density at radius 1 is 1.32 bits per heavy atom. The molecule has 25 heavy (non-hydrogen) atoms. The maximum absolute atomic E-state index is 11.7. The molecule has 0 aliphatic carbocycles. The number of para-hydroxylation sites is 1. The maximum atomic E-state index is 11.7. The van der Waals surface area contributed by atoms with Crippen LogP contribution in [0, 0.1) is 6.92 Å². The lowest BCUT2D eigenvalue weighted by molar-refractivity contribution is -0.121. The summed E-state index contributed by atoms with van der Waals surface area (Å²) in [5.74, 6) is 1.11. The SMILES string of the molecule is Cc1c(OCCCC(=O)NCCN(C)C)nn(-c2ccccc2)c1N. The van der Waals surface area contributed by atoms with Crippen molar-refractivity contribution in [2.75, 3.05) is 39.5 Å². The van der Waals surface area contributed by atoms with Crippen LogP contribution >= 0.6 is 0 Å². The Morgan fingerprint density at radius 3 is 2.72 bits per heavy atom. The second-order valence-electron chi connectivity index (χ2n) is 6.17. The molecule has 7 heteroatoms. The van der Waals surface area contributed by atoms with Crippen LogP contribution in [0.5, 0.6) is 5.88 Å². The third kappa shape index (κ3) is 5.49. The molecule has 0 radical (unpaired) electrons. The molecule has 0 aliphatic rings. The first-order valence-electron chi connectivity index (χ1n) is 8.43. The predicted octanol–water partition coefficient (Wildman–Crippen LogP) is 1.60. The summed E-state index contributed by atoms with van der Waals surface area (Å²) >= 11 is 0. The number of carbonyl (C=O) groups excluding carboxylic acids is 1. The van der Waals surface area contributed by atoms with Gasteiger partial charge in [-0.15, -0.1) is 5.10 Å². The van der Waals surface area contributed by atoms with Gasteiger partial charge in [0.2, 0.25) is 11.8 Å². The third-order valence-corrected chi connectivity index (χ3v) is 3.79. The summed E-state index contributed by atoms with van der Waals surface area (Å²) in [5, 5.41) is 7.31. The highest BCUT2D eigenvalue weighted by Crippen LogP contribution is 2.25. The summed E-state index contributed by atoms with van der Waals surface area (Å²) in [5.41, 5.74) is 7.81. The first-order valence-corrected chi connectivity index (χ1v) is 8.43. The van der Waals surface area contributed by atoms with Gasteiger partial charge in [0.15, 0.2) is 0 Å². The Bertz CT molecular complexity index is 682. The predicted molar refractivity (Wildman–Crippen MR) is 99.0 cm³/mol. The lowest BCUT2D eigenvalue weighted by Gasteiger charge is -2.10. The van der Waals surface area contributed by atoms with E-state index in [1.54, 1.807) is 4.68 Å². The van der Waals surface area contributed by atoms with E-state index in [0.29, 0.717) is 37.7 Å². The molecule has 0 unspecified atom stereocenters. The van der Waals surface area contributed by atoms with E-state index < -0.39 is 0 Å². The number of ether oxygens (including phenoxy) is 1. The van der Waals surface area contributed by atoms with E-state index in [1.807, 2.05) is 56.3 Å². The summed E-state index contributed by atoms with van der Waals surface area (Å²) in [6.07, 6.45) is 1.06. The number of nitrogen functional groups attached to an aromatic ring is 1. The van der Waals surface area contributed by atoms with E-state index in [-0.39, 0.29) is 5.91 Å². The fourth-order valence-electron chi connectivity index (χ4n) is 2.30. The number of nitrogens with one attached hydrogen (secondary N) is 1. The summed E-state index contributed by atoms with van der Waals surface area (Å²) < 4.78 is 7.38. The van der Waals surface area contributed by atoms with Crippen LogP contribution in [0.3, 0.4) is 0 Å². The van der Waals surface area contributed by atoms with E-state index in [9.17, 15) is 4.79 Å². The number of carbonyl (C=O) groups is 1. The summed E-state index contributed by atoms with van der Waals surface area (Å²) in [6, 6.07) is 9.68. The Balaban J connectivity index is 1.81. The van der Waals surface area contributed by atoms with Crippen LogP contribution in [0.25, 0.3) is 5.69 Å². The van der Waals surface area contributed by atoms with Gasteiger partial charge < -0.3 is 20.7 Å². The molecule has 0 bridgehead atoms. The summed E-state index contributed by atoms with van der Waals surface area (Å²) in [6.45, 7) is 3.79. The van der Waals surface area contributed by atoms with Crippen molar-refractivity contribution >= 4 is 11.7 Å². The number of rotatable bonds is 9. The molecule has 0 spiro atoms. The average Bonchev–Trinajstić information content (AvgIpc) is 2.87. The van der Waals surface area contributed by atoms with E-state index in [4.69, 9.17) is 10.5 Å². The van der Waals surface area contributed by atoms with Gasteiger partial charge in [0, 0.05) is 19.5 Å². The van der Waals surface area contributed by atoms with Crippen molar-refractivity contribution in [2.24, 2.45) is 0 Å². The highest BCUT2D eigenvalue weighted by molar-refractivity contribution is 5.75. The Hall–Kier alpha value is -2.54. The molecule has 2 aromatic rings. The van der Waals surface area contributed by atoms with Crippen LogP contribution in [0.4, 0.5) is 5.82 Å². The zero-order valence-corrected chi connectivity index (χ0v) is 15.2. The van der Waals surface area contributed by atoms with Gasteiger partial charge in [-0.25, -0.2) is 4.68 Å². The molecule has 1 heterocycles. The second-order valence-corrected chi connectivity index (χ2v) is 6.17. The van der Waals surface area contributed by atoms with Crippen LogP contribution in [0.1, 0.15) is 18.4 Å². The molecule has 0 saturated carbocycles. The number of likely N-dealkylation sites (N-methyl/N-ethyl adjacent to an activating group) is 1. The number of nitrogens with two attached hydrogens (primary N) is 1. The molecule has 7 nitrogen and oxygen atoms in total. The Morgan fingerprint density at radius 2 is 2.04 bits per heavy atom. The molecular weight excluding hydrogens is 318 g/mol. The maximum Gasteiger partial charge on any atom is 0.238 e. The van der Waals surface area contributed by atoms with Gasteiger partial charge in [-0.3, -0.25) is 4.79 Å². The highest BCUT2D eigenvalue weighted by Gasteiger charge is 2.14. The molecule has 0 atom stereocenters. The van der Waals surface area contributed by atoms with Crippen LogP contribution < -0.4 is 15.8 Å². The lowest BCUT2D eigenvalue weighted by atomic mass is 10.3. The van der Waals surface area contributed by atoms with Crippen molar-refractivity contribution in [3.05, 3.63) is 35.9 Å². The molecule has 136 valence electrons. The quantitative estimate of drug-likeness (QED) is 0.674. The van der Waals surface area contributed by atoms with E-state index >= 15 is 0 Å². The molecule has 1 aromatic carbocycles. The van der Waals surface area contributed by atoms with Gasteiger partial charge in [-0.1, -0.05) is 18.2 Å². The number of nitrogens with zero attached hydrogens (tertiary/aromatic N) is 3. The molecule has 0 aliphatic heterocycles. The Kier molecular flexibility index (Phi) is 6.82. The van der Waals surface area contributed by atoms with Gasteiger partial charge in [0.25, 0.3) is 0 Å². The first-order chi connectivity index (χ1) is 12.0. The van der Waals surface area contributed by atoms with Crippen LogP contribution in [-0.4, -0.2) is 54.4 Å². The topological polar surface area (TPSA) is 85.4 Å². The molecule has 1 aromatic heterocycles. The largest absolute Gasteiger partial charge is 0.476 e. The zero-order valence-electron chi connectivity index (χ0n) is 15.2. The van der Waals surface area contributed by atoms with Crippen molar-refractivity contribution in [3.8, 4) is 11.6 Å². The fourth-order valence-corrected chi connectivity index (χ4v) is 2.30. The minimum atomic E-state index is 0.0384. The number of amides is 1. The van der Waals surface area contributed by atoms with Gasteiger partial charge in [-0.2, -0.15) is 0 Å². The minimum absolute atomic E-state index is 0.0384. The van der Waals surface area contributed by atoms with Crippen molar-refractivity contribution in [1.82, 2.24) is 20.0 Å². The zero-order chi connectivity index (χ0) is 18.2. The number of aromatic nitrogens is 2. The number of anilines is 1. The van der Waals surface area contributed by atoms with Gasteiger partial charge >= 0.3 is 0 Å². The van der Waals surface area contributed by atoms with Crippen LogP contribution in [0.15, 0.2) is 30.3 Å². The lowest BCUT2D eigenvalue weighted by Crippen LogP contribution is -2.31. The number of hydrogen-bond acceptors (Lipinski definition) is 5. The third-order valence-electron chi connectivity index (χ3n) is 3.79. The van der Waals surface area contributed by atoms with Gasteiger partial charge in [0.05, 0.1) is 17.9 Å². The van der Waals surface area contributed by atoms with E-state index in [1.165, 1.54) is 0 Å². The first kappa shape index (κ1) is 18.8. The van der Waals surface area contributed by atoms with Gasteiger partial charge in [-0.05, 0) is 39.6 Å². The van der Waals surface area contributed by atoms with E-state index in [0.717, 1.165) is 17.8 Å². The fraction of sp³-hybridized carbons (Fsp3) is 0.444. The molecule has 0 fully saturated rings. The highest BCUT2D eigenvalue weighted by atomic mass is 16.5. The number of hydrogen-bond donors (Lipinski definition) is 2.